The summed E-state index contributed by atoms with van der Waals surface area (Å²) < 4.78 is 70.2. The highest BCUT2D eigenvalue weighted by molar-refractivity contribution is 5.90. The molecular weight excluding hydrogens is 331 g/mol. The monoisotopic (exact) mass is 350 g/mol. The summed E-state index contributed by atoms with van der Waals surface area (Å²) >= 11 is 0. The second kappa shape index (κ2) is 10.1. The average Bonchev–Trinajstić information content (AvgIpc) is 2.57. The highest BCUT2D eigenvalue weighted by atomic mass is 19.2. The fraction of sp³-hybridized carbons (Fsp3) is 0.471. The molecule has 0 bridgehead atoms. The molecule has 7 heteroatoms. The van der Waals surface area contributed by atoms with Crippen molar-refractivity contribution in [1.82, 2.24) is 0 Å². The first kappa shape index (κ1) is 20.1. The molecule has 0 aliphatic heterocycles. The van der Waals surface area contributed by atoms with Crippen molar-refractivity contribution in [2.24, 2.45) is 0 Å². The van der Waals surface area contributed by atoms with Gasteiger partial charge in [0.2, 0.25) is 5.82 Å². The van der Waals surface area contributed by atoms with E-state index in [-0.39, 0.29) is 6.61 Å². The van der Waals surface area contributed by atoms with Crippen molar-refractivity contribution in [3.63, 3.8) is 0 Å². The van der Waals surface area contributed by atoms with Gasteiger partial charge in [-0.15, -0.1) is 0 Å². The van der Waals surface area contributed by atoms with Gasteiger partial charge in [0.25, 0.3) is 0 Å². The molecule has 1 aromatic rings. The number of hydrogen-bond donors (Lipinski definition) is 0. The van der Waals surface area contributed by atoms with E-state index in [9.17, 15) is 26.7 Å². The Bertz CT molecular complexity index is 570. The zero-order valence-corrected chi connectivity index (χ0v) is 13.3. The number of carbonyl (C=O) groups is 1. The van der Waals surface area contributed by atoms with Crippen molar-refractivity contribution in [3.8, 4) is 0 Å². The molecule has 0 aliphatic rings. The van der Waals surface area contributed by atoms with Gasteiger partial charge in [0.1, 0.15) is 12.2 Å². The van der Waals surface area contributed by atoms with E-state index in [0.29, 0.717) is 0 Å². The number of rotatable bonds is 9. The lowest BCUT2D eigenvalue weighted by atomic mass is 10.1. The van der Waals surface area contributed by atoms with E-state index >= 15 is 0 Å². The van der Waals surface area contributed by atoms with Gasteiger partial charge in [-0.3, -0.25) is 0 Å². The maximum absolute atomic E-state index is 13.4. The minimum atomic E-state index is -2.32. The molecule has 134 valence electrons. The zero-order valence-electron chi connectivity index (χ0n) is 13.3. The van der Waals surface area contributed by atoms with E-state index in [2.05, 4.69) is 11.7 Å². The topological polar surface area (TPSA) is 26.3 Å². The van der Waals surface area contributed by atoms with Crippen molar-refractivity contribution in [3.05, 3.63) is 46.8 Å². The van der Waals surface area contributed by atoms with Crippen LogP contribution in [-0.4, -0.2) is 12.6 Å². The molecule has 0 aliphatic carbocycles. The van der Waals surface area contributed by atoms with Crippen molar-refractivity contribution >= 4 is 5.97 Å². The normalized spacial score (nSPS) is 11.2. The van der Waals surface area contributed by atoms with Crippen LogP contribution in [0.25, 0.3) is 0 Å². The van der Waals surface area contributed by atoms with Crippen LogP contribution >= 0.6 is 0 Å². The lowest BCUT2D eigenvalue weighted by Crippen LogP contribution is -2.15. The Labute approximate surface area is 137 Å². The number of benzene rings is 1. The molecule has 0 amide bonds. The summed E-state index contributed by atoms with van der Waals surface area (Å²) in [4.78, 5) is 11.5. The van der Waals surface area contributed by atoms with Crippen LogP contribution in [0.15, 0.2) is 12.2 Å². The number of hydrogen-bond acceptors (Lipinski definition) is 2. The molecule has 0 atom stereocenters. The molecule has 0 saturated heterocycles. The predicted molar refractivity (Wildman–Crippen MR) is 79.0 cm³/mol. The van der Waals surface area contributed by atoms with E-state index < -0.39 is 40.6 Å². The van der Waals surface area contributed by atoms with Gasteiger partial charge < -0.3 is 4.74 Å². The molecule has 0 heterocycles. The predicted octanol–water partition coefficient (Wildman–Crippen LogP) is 5.46. The summed E-state index contributed by atoms with van der Waals surface area (Å²) in [6.45, 7) is 1.80. The molecule has 1 aromatic carbocycles. The second-order valence-corrected chi connectivity index (χ2v) is 5.22. The van der Waals surface area contributed by atoms with Crippen molar-refractivity contribution in [1.29, 1.82) is 0 Å². The van der Waals surface area contributed by atoms with Crippen LogP contribution in [-0.2, 0) is 4.74 Å². The lowest BCUT2D eigenvalue weighted by Gasteiger charge is -2.07. The molecule has 0 fully saturated rings. The van der Waals surface area contributed by atoms with Crippen molar-refractivity contribution in [2.45, 2.75) is 45.4 Å². The number of esters is 1. The summed E-state index contributed by atoms with van der Waals surface area (Å²) in [7, 11) is 0. The van der Waals surface area contributed by atoms with Crippen LogP contribution in [0, 0.1) is 29.1 Å². The second-order valence-electron chi connectivity index (χ2n) is 5.22. The van der Waals surface area contributed by atoms with Gasteiger partial charge in [0.05, 0.1) is 0 Å². The third-order valence-electron chi connectivity index (χ3n) is 3.37. The Hall–Kier alpha value is -1.92. The summed E-state index contributed by atoms with van der Waals surface area (Å²) in [5.74, 6) is -12.7. The Balaban J connectivity index is 2.52. The molecule has 0 saturated carbocycles. The zero-order chi connectivity index (χ0) is 18.1. The fourth-order valence-electron chi connectivity index (χ4n) is 2.03. The number of ether oxygens (including phenoxy) is 1. The first-order valence-corrected chi connectivity index (χ1v) is 7.75. The minimum absolute atomic E-state index is 0.312. The van der Waals surface area contributed by atoms with Gasteiger partial charge in [-0.2, -0.15) is 0 Å². The van der Waals surface area contributed by atoms with E-state index in [1.54, 1.807) is 6.08 Å². The lowest BCUT2D eigenvalue weighted by molar-refractivity contribution is 0.0534. The third-order valence-corrected chi connectivity index (χ3v) is 3.37. The van der Waals surface area contributed by atoms with E-state index in [0.717, 1.165) is 32.1 Å². The first-order chi connectivity index (χ1) is 11.4. The van der Waals surface area contributed by atoms with Crippen LogP contribution in [0.2, 0.25) is 0 Å². The standard InChI is InChI=1S/C17H19F5O2/c1-2-3-4-5-6-7-8-9-10-24-17(23)11-12(18)14(20)16(22)15(21)13(11)19/h8-9H,2-7,10H2,1H3/b9-8+. The number of unbranched alkanes of at least 4 members (excludes halogenated alkanes) is 5. The van der Waals surface area contributed by atoms with Gasteiger partial charge in [0.15, 0.2) is 23.3 Å². The molecule has 24 heavy (non-hydrogen) atoms. The molecule has 0 aromatic heterocycles. The van der Waals surface area contributed by atoms with E-state index in [1.807, 2.05) is 0 Å². The molecule has 0 unspecified atom stereocenters. The van der Waals surface area contributed by atoms with Gasteiger partial charge >= 0.3 is 5.97 Å². The molecule has 1 rings (SSSR count). The minimum Gasteiger partial charge on any atom is -0.458 e. The molecule has 0 spiro atoms. The maximum Gasteiger partial charge on any atom is 0.344 e. The van der Waals surface area contributed by atoms with Crippen LogP contribution in [0.1, 0.15) is 55.8 Å². The van der Waals surface area contributed by atoms with Crippen molar-refractivity contribution < 1.29 is 31.5 Å². The van der Waals surface area contributed by atoms with Gasteiger partial charge in [0, 0.05) is 0 Å². The Kier molecular flexibility index (Phi) is 8.43. The Morgan fingerprint density at radius 3 is 1.96 bits per heavy atom. The van der Waals surface area contributed by atoms with Crippen LogP contribution in [0.3, 0.4) is 0 Å². The largest absolute Gasteiger partial charge is 0.458 e. The van der Waals surface area contributed by atoms with Crippen LogP contribution < -0.4 is 0 Å². The Morgan fingerprint density at radius 1 is 0.833 bits per heavy atom. The Morgan fingerprint density at radius 2 is 1.38 bits per heavy atom. The van der Waals surface area contributed by atoms with Gasteiger partial charge in [-0.1, -0.05) is 44.8 Å². The van der Waals surface area contributed by atoms with E-state index in [4.69, 9.17) is 0 Å². The van der Waals surface area contributed by atoms with Gasteiger partial charge in [-0.05, 0) is 12.8 Å². The fourth-order valence-corrected chi connectivity index (χ4v) is 2.03. The molecule has 0 radical (unpaired) electrons. The number of allylic oxidation sites excluding steroid dienone is 1. The average molecular weight is 350 g/mol. The van der Waals surface area contributed by atoms with Crippen LogP contribution in [0.4, 0.5) is 22.0 Å². The molecule has 0 N–H and O–H groups in total. The first-order valence-electron chi connectivity index (χ1n) is 7.75. The highest BCUT2D eigenvalue weighted by Gasteiger charge is 2.30. The highest BCUT2D eigenvalue weighted by Crippen LogP contribution is 2.23. The van der Waals surface area contributed by atoms with Crippen molar-refractivity contribution in [2.75, 3.05) is 6.61 Å². The summed E-state index contributed by atoms with van der Waals surface area (Å²) in [6, 6.07) is 0. The smallest absolute Gasteiger partial charge is 0.344 e. The molecule has 2 nitrogen and oxygen atoms in total. The summed E-state index contributed by atoms with van der Waals surface area (Å²) in [5, 5.41) is 0. The number of carbonyl (C=O) groups excluding carboxylic acids is 1. The third kappa shape index (κ3) is 5.32. The van der Waals surface area contributed by atoms with Gasteiger partial charge in [-0.25, -0.2) is 26.7 Å². The SMILES string of the molecule is CCCCCCC/C=C/COC(=O)c1c(F)c(F)c(F)c(F)c1F. The van der Waals surface area contributed by atoms with E-state index in [1.165, 1.54) is 12.5 Å². The molecular formula is C17H19F5O2. The summed E-state index contributed by atoms with van der Waals surface area (Å²) in [6.07, 6.45) is 9.43. The summed E-state index contributed by atoms with van der Waals surface area (Å²) in [5.41, 5.74) is -1.58. The van der Waals surface area contributed by atoms with Crippen LogP contribution in [0.5, 0.6) is 0 Å². The number of halogens is 5. The maximum atomic E-state index is 13.4. The quantitative estimate of drug-likeness (QED) is 0.148.